The maximum Gasteiger partial charge on any atom is 0.407 e. The van der Waals surface area contributed by atoms with Crippen LogP contribution in [0.2, 0.25) is 0 Å². The van der Waals surface area contributed by atoms with Crippen LogP contribution in [0.15, 0.2) is 35.9 Å². The van der Waals surface area contributed by atoms with Crippen molar-refractivity contribution < 1.29 is 19.1 Å². The Kier molecular flexibility index (Phi) is 3.93. The number of carbonyl (C=O) groups is 3. The van der Waals surface area contributed by atoms with E-state index in [9.17, 15) is 14.4 Å². The number of nitrogens with one attached hydrogen (secondary N) is 1. The van der Waals surface area contributed by atoms with Crippen molar-refractivity contribution in [2.24, 2.45) is 0 Å². The number of benzene rings is 1. The standard InChI is InChI=1S/C16H17NO4/c1-16(2,3)21-15(20)17-9-10-8-13(18)11-6-4-5-7-12(11)14(10)19/h4-8H,9H2,1-3H3,(H,17,20). The average Bonchev–Trinajstić information content (AvgIpc) is 2.39. The van der Waals surface area contributed by atoms with Crippen molar-refractivity contribution in [3.63, 3.8) is 0 Å². The molecule has 1 amide bonds. The minimum absolute atomic E-state index is 0.0339. The van der Waals surface area contributed by atoms with Crippen molar-refractivity contribution in [3.05, 3.63) is 47.0 Å². The lowest BCUT2D eigenvalue weighted by molar-refractivity contribution is 0.0532. The molecule has 5 nitrogen and oxygen atoms in total. The fraction of sp³-hybridized carbons (Fsp3) is 0.312. The van der Waals surface area contributed by atoms with Crippen molar-refractivity contribution >= 4 is 17.7 Å². The highest BCUT2D eigenvalue weighted by molar-refractivity contribution is 6.24. The van der Waals surface area contributed by atoms with E-state index in [1.54, 1.807) is 45.0 Å². The Labute approximate surface area is 123 Å². The van der Waals surface area contributed by atoms with Crippen LogP contribution >= 0.6 is 0 Å². The van der Waals surface area contributed by atoms with Crippen LogP contribution in [0.5, 0.6) is 0 Å². The second-order valence-corrected chi connectivity index (χ2v) is 5.76. The third-order valence-electron chi connectivity index (χ3n) is 2.86. The summed E-state index contributed by atoms with van der Waals surface area (Å²) in [4.78, 5) is 35.8. The number of carbonyl (C=O) groups excluding carboxylic acids is 3. The Bertz CT molecular complexity index is 638. The number of allylic oxidation sites excluding steroid dienone is 1. The van der Waals surface area contributed by atoms with E-state index < -0.39 is 11.7 Å². The van der Waals surface area contributed by atoms with Crippen LogP contribution in [0, 0.1) is 0 Å². The molecule has 0 unspecified atom stereocenters. The second-order valence-electron chi connectivity index (χ2n) is 5.76. The molecule has 5 heteroatoms. The molecule has 0 radical (unpaired) electrons. The Morgan fingerprint density at radius 2 is 1.76 bits per heavy atom. The summed E-state index contributed by atoms with van der Waals surface area (Å²) >= 11 is 0. The summed E-state index contributed by atoms with van der Waals surface area (Å²) in [5.41, 5.74) is 0.399. The van der Waals surface area contributed by atoms with Gasteiger partial charge in [0.25, 0.3) is 0 Å². The van der Waals surface area contributed by atoms with Gasteiger partial charge in [0.1, 0.15) is 5.60 Å². The quantitative estimate of drug-likeness (QED) is 0.907. The maximum absolute atomic E-state index is 12.2. The molecule has 0 atom stereocenters. The molecule has 1 aliphatic rings. The van der Waals surface area contributed by atoms with Gasteiger partial charge in [-0.1, -0.05) is 24.3 Å². The van der Waals surface area contributed by atoms with E-state index in [2.05, 4.69) is 5.32 Å². The molecule has 0 bridgehead atoms. The summed E-state index contributed by atoms with van der Waals surface area (Å²) in [7, 11) is 0. The average molecular weight is 287 g/mol. The lowest BCUT2D eigenvalue weighted by atomic mass is 9.89. The van der Waals surface area contributed by atoms with Crippen molar-refractivity contribution in [3.8, 4) is 0 Å². The van der Waals surface area contributed by atoms with E-state index in [1.807, 2.05) is 0 Å². The van der Waals surface area contributed by atoms with Crippen LogP contribution in [0.4, 0.5) is 4.79 Å². The molecule has 1 N–H and O–H groups in total. The molecule has 1 aromatic carbocycles. The number of rotatable bonds is 2. The second kappa shape index (κ2) is 5.52. The first-order valence-corrected chi connectivity index (χ1v) is 6.63. The molecule has 110 valence electrons. The summed E-state index contributed by atoms with van der Waals surface area (Å²) in [5.74, 6) is -0.479. The van der Waals surface area contributed by atoms with Gasteiger partial charge in [0.2, 0.25) is 0 Å². The Morgan fingerprint density at radius 3 is 2.38 bits per heavy atom. The smallest absolute Gasteiger partial charge is 0.407 e. The van der Waals surface area contributed by atoms with Gasteiger partial charge in [-0.2, -0.15) is 0 Å². The predicted molar refractivity (Wildman–Crippen MR) is 77.4 cm³/mol. The maximum atomic E-state index is 12.2. The molecule has 0 aromatic heterocycles. The minimum atomic E-state index is -0.623. The lowest BCUT2D eigenvalue weighted by Gasteiger charge is -2.20. The Morgan fingerprint density at radius 1 is 1.14 bits per heavy atom. The monoisotopic (exact) mass is 287 g/mol. The van der Waals surface area contributed by atoms with Gasteiger partial charge in [-0.3, -0.25) is 9.59 Å². The molecule has 21 heavy (non-hydrogen) atoms. The number of amides is 1. The van der Waals surface area contributed by atoms with Gasteiger partial charge in [0, 0.05) is 16.7 Å². The van der Waals surface area contributed by atoms with E-state index in [4.69, 9.17) is 4.74 Å². The number of ketones is 2. The van der Waals surface area contributed by atoms with Crippen LogP contribution in [0.3, 0.4) is 0 Å². The third kappa shape index (κ3) is 3.56. The first-order chi connectivity index (χ1) is 9.78. The van der Waals surface area contributed by atoms with E-state index >= 15 is 0 Å². The highest BCUT2D eigenvalue weighted by Crippen LogP contribution is 2.20. The third-order valence-corrected chi connectivity index (χ3v) is 2.86. The molecule has 0 saturated heterocycles. The van der Waals surface area contributed by atoms with Crippen molar-refractivity contribution in [1.82, 2.24) is 5.32 Å². The highest BCUT2D eigenvalue weighted by Gasteiger charge is 2.25. The topological polar surface area (TPSA) is 72.5 Å². The molecule has 1 aromatic rings. The molecule has 0 fully saturated rings. The Balaban J connectivity index is 2.08. The summed E-state index contributed by atoms with van der Waals surface area (Å²) in [6.45, 7) is 5.21. The summed E-state index contributed by atoms with van der Waals surface area (Å²) in [5, 5.41) is 2.49. The van der Waals surface area contributed by atoms with Crippen molar-refractivity contribution in [1.29, 1.82) is 0 Å². The molecule has 1 aliphatic carbocycles. The van der Waals surface area contributed by atoms with Gasteiger partial charge in [-0.15, -0.1) is 0 Å². The van der Waals surface area contributed by atoms with Crippen LogP contribution in [-0.4, -0.2) is 29.8 Å². The van der Waals surface area contributed by atoms with Crippen LogP contribution < -0.4 is 5.32 Å². The molecule has 0 heterocycles. The molecular weight excluding hydrogens is 270 g/mol. The zero-order valence-corrected chi connectivity index (χ0v) is 12.2. The van der Waals surface area contributed by atoms with E-state index in [0.29, 0.717) is 11.1 Å². The van der Waals surface area contributed by atoms with E-state index in [1.165, 1.54) is 6.08 Å². The van der Waals surface area contributed by atoms with Gasteiger partial charge >= 0.3 is 6.09 Å². The largest absolute Gasteiger partial charge is 0.444 e. The van der Waals surface area contributed by atoms with Gasteiger partial charge in [-0.05, 0) is 26.8 Å². The number of hydrogen-bond acceptors (Lipinski definition) is 4. The first-order valence-electron chi connectivity index (χ1n) is 6.63. The Hall–Kier alpha value is -2.43. The summed E-state index contributed by atoms with van der Waals surface area (Å²) in [6, 6.07) is 6.64. The zero-order chi connectivity index (χ0) is 15.6. The van der Waals surface area contributed by atoms with Crippen LogP contribution in [0.1, 0.15) is 41.5 Å². The minimum Gasteiger partial charge on any atom is -0.444 e. The van der Waals surface area contributed by atoms with Crippen LogP contribution in [0.25, 0.3) is 0 Å². The van der Waals surface area contributed by atoms with E-state index in [-0.39, 0.29) is 23.7 Å². The van der Waals surface area contributed by atoms with E-state index in [0.717, 1.165) is 0 Å². The number of hydrogen-bond donors (Lipinski definition) is 1. The SMILES string of the molecule is CC(C)(C)OC(=O)NCC1=CC(=O)c2ccccc2C1=O. The normalized spacial score (nSPS) is 14.3. The number of Topliss-reactive ketones (excluding diaryl/α,β-unsaturated/α-hetero) is 1. The van der Waals surface area contributed by atoms with Gasteiger partial charge < -0.3 is 10.1 Å². The fourth-order valence-electron chi connectivity index (χ4n) is 1.98. The number of ether oxygens (including phenoxy) is 1. The molecule has 2 rings (SSSR count). The van der Waals surface area contributed by atoms with Crippen LogP contribution in [-0.2, 0) is 4.74 Å². The highest BCUT2D eigenvalue weighted by atomic mass is 16.6. The lowest BCUT2D eigenvalue weighted by Crippen LogP contribution is -2.35. The van der Waals surface area contributed by atoms with Crippen molar-refractivity contribution in [2.75, 3.05) is 6.54 Å². The molecule has 0 aliphatic heterocycles. The summed E-state index contributed by atoms with van der Waals surface area (Å²) < 4.78 is 5.09. The van der Waals surface area contributed by atoms with Crippen molar-refractivity contribution in [2.45, 2.75) is 26.4 Å². The van der Waals surface area contributed by atoms with Gasteiger partial charge in [-0.25, -0.2) is 4.79 Å². The number of alkyl carbamates (subject to hydrolysis) is 1. The molecule has 0 saturated carbocycles. The van der Waals surface area contributed by atoms with Gasteiger partial charge in [0.15, 0.2) is 11.6 Å². The molecular formula is C16H17NO4. The first kappa shape index (κ1) is 15.0. The predicted octanol–water partition coefficient (Wildman–Crippen LogP) is 2.52. The van der Waals surface area contributed by atoms with Gasteiger partial charge in [0.05, 0.1) is 6.54 Å². The number of fused-ring (bicyclic) bond motifs is 1. The zero-order valence-electron chi connectivity index (χ0n) is 12.2. The summed E-state index contributed by atoms with van der Waals surface area (Å²) in [6.07, 6.45) is 0.643. The fourth-order valence-corrected chi connectivity index (χ4v) is 1.98. The molecule has 0 spiro atoms.